The van der Waals surface area contributed by atoms with Crippen LogP contribution in [0.3, 0.4) is 0 Å². The lowest BCUT2D eigenvalue weighted by Crippen LogP contribution is -2.16. The summed E-state index contributed by atoms with van der Waals surface area (Å²) in [4.78, 5) is 30.0. The van der Waals surface area contributed by atoms with Crippen LogP contribution in [0, 0.1) is 11.3 Å². The maximum atomic E-state index is 13.1. The monoisotopic (exact) mass is 479 g/mol. The van der Waals surface area contributed by atoms with Crippen molar-refractivity contribution in [2.75, 3.05) is 19.5 Å². The fourth-order valence-electron chi connectivity index (χ4n) is 2.87. The predicted molar refractivity (Wildman–Crippen MR) is 119 cm³/mol. The van der Waals surface area contributed by atoms with Crippen molar-refractivity contribution < 1.29 is 19.1 Å². The molecule has 0 saturated heterocycles. The summed E-state index contributed by atoms with van der Waals surface area (Å²) in [6, 6.07) is 14.8. The van der Waals surface area contributed by atoms with E-state index in [1.807, 2.05) is 6.07 Å². The first-order chi connectivity index (χ1) is 14.9. The van der Waals surface area contributed by atoms with Gasteiger partial charge in [-0.25, -0.2) is 0 Å². The third-order valence-electron chi connectivity index (χ3n) is 4.48. The molecule has 3 aromatic rings. The predicted octanol–water partition coefficient (Wildman–Crippen LogP) is 4.41. The average Bonchev–Trinajstić information content (AvgIpc) is 2.80. The molecule has 156 valence electrons. The first-order valence-corrected chi connectivity index (χ1v) is 9.95. The average molecular weight is 480 g/mol. The van der Waals surface area contributed by atoms with E-state index in [0.29, 0.717) is 28.3 Å². The smallest absolute Gasteiger partial charge is 0.255 e. The summed E-state index contributed by atoms with van der Waals surface area (Å²) in [5.74, 6) is 0.0698. The maximum Gasteiger partial charge on any atom is 0.255 e. The van der Waals surface area contributed by atoms with E-state index >= 15 is 0 Å². The van der Waals surface area contributed by atoms with Gasteiger partial charge < -0.3 is 14.8 Å². The second kappa shape index (κ2) is 9.87. The number of carbonyl (C=O) groups excluding carboxylic acids is 2. The quantitative estimate of drug-likeness (QED) is 0.503. The summed E-state index contributed by atoms with van der Waals surface area (Å²) in [5.41, 5.74) is 1.94. The molecule has 0 saturated carbocycles. The summed E-state index contributed by atoms with van der Waals surface area (Å²) in [6.07, 6.45) is 1.66. The van der Waals surface area contributed by atoms with Gasteiger partial charge in [-0.3, -0.25) is 14.6 Å². The van der Waals surface area contributed by atoms with Crippen molar-refractivity contribution in [3.8, 4) is 17.6 Å². The van der Waals surface area contributed by atoms with Crippen LogP contribution in [0.15, 0.2) is 59.2 Å². The van der Waals surface area contributed by atoms with Gasteiger partial charge in [0.05, 0.1) is 38.0 Å². The Morgan fingerprint density at radius 3 is 2.32 bits per heavy atom. The molecule has 0 unspecified atom stereocenters. The van der Waals surface area contributed by atoms with E-state index in [4.69, 9.17) is 14.7 Å². The first kappa shape index (κ1) is 22.0. The molecule has 0 aliphatic carbocycles. The summed E-state index contributed by atoms with van der Waals surface area (Å²) >= 11 is 3.32. The second-order valence-electron chi connectivity index (χ2n) is 6.46. The SMILES string of the molecule is COc1cc(NC(=O)c2ccc(C#N)cc2)c(C(=O)Cc2ccc(Br)cn2)cc1OC. The van der Waals surface area contributed by atoms with E-state index in [-0.39, 0.29) is 23.5 Å². The number of ketones is 1. The topological polar surface area (TPSA) is 101 Å². The Balaban J connectivity index is 1.94. The zero-order valence-electron chi connectivity index (χ0n) is 16.8. The number of nitriles is 1. The molecular weight excluding hydrogens is 462 g/mol. The highest BCUT2D eigenvalue weighted by molar-refractivity contribution is 9.10. The molecule has 8 heteroatoms. The van der Waals surface area contributed by atoms with Gasteiger partial charge in [0.25, 0.3) is 5.91 Å². The number of hydrogen-bond donors (Lipinski definition) is 1. The lowest BCUT2D eigenvalue weighted by atomic mass is 10.0. The minimum atomic E-state index is -0.424. The van der Waals surface area contributed by atoms with Crippen LogP contribution < -0.4 is 14.8 Å². The summed E-state index contributed by atoms with van der Waals surface area (Å²) in [5, 5.41) is 11.7. The van der Waals surface area contributed by atoms with Gasteiger partial charge in [0, 0.05) is 33.6 Å². The maximum absolute atomic E-state index is 13.1. The molecule has 0 bridgehead atoms. The number of halogens is 1. The number of pyridine rings is 1. The Morgan fingerprint density at radius 1 is 1.06 bits per heavy atom. The number of nitrogens with zero attached hydrogens (tertiary/aromatic N) is 2. The molecule has 1 N–H and O–H groups in total. The Morgan fingerprint density at radius 2 is 1.74 bits per heavy atom. The Hall–Kier alpha value is -3.70. The molecule has 1 heterocycles. The Kier molecular flexibility index (Phi) is 7.00. The second-order valence-corrected chi connectivity index (χ2v) is 7.38. The van der Waals surface area contributed by atoms with Crippen molar-refractivity contribution in [3.05, 3.63) is 81.6 Å². The normalized spacial score (nSPS) is 10.1. The van der Waals surface area contributed by atoms with Crippen LogP contribution in [0.5, 0.6) is 11.5 Å². The van der Waals surface area contributed by atoms with Gasteiger partial charge in [0.2, 0.25) is 0 Å². The molecular formula is C23H18BrN3O4. The molecule has 2 aromatic carbocycles. The van der Waals surface area contributed by atoms with Gasteiger partial charge in [-0.2, -0.15) is 5.26 Å². The van der Waals surface area contributed by atoms with Crippen molar-refractivity contribution in [2.45, 2.75) is 6.42 Å². The molecule has 7 nitrogen and oxygen atoms in total. The molecule has 3 rings (SSSR count). The van der Waals surface area contributed by atoms with E-state index in [2.05, 4.69) is 26.2 Å². The van der Waals surface area contributed by atoms with Crippen LogP contribution in [0.25, 0.3) is 0 Å². The Bertz CT molecular complexity index is 1150. The van der Waals surface area contributed by atoms with Crippen LogP contribution in [0.1, 0.15) is 32.0 Å². The van der Waals surface area contributed by atoms with Crippen LogP contribution >= 0.6 is 15.9 Å². The van der Waals surface area contributed by atoms with Crippen molar-refractivity contribution in [1.82, 2.24) is 4.98 Å². The zero-order chi connectivity index (χ0) is 22.4. The highest BCUT2D eigenvalue weighted by atomic mass is 79.9. The van der Waals surface area contributed by atoms with Crippen molar-refractivity contribution >= 4 is 33.3 Å². The number of Topliss-reactive ketones (excluding diaryl/α,β-unsaturated/α-hetero) is 1. The molecule has 0 aliphatic rings. The zero-order valence-corrected chi connectivity index (χ0v) is 18.4. The van der Waals surface area contributed by atoms with E-state index in [0.717, 1.165) is 4.47 Å². The lowest BCUT2D eigenvalue weighted by molar-refractivity contribution is 0.0992. The number of amides is 1. The van der Waals surface area contributed by atoms with Crippen LogP contribution in [0.4, 0.5) is 5.69 Å². The number of nitrogens with one attached hydrogen (secondary N) is 1. The number of hydrogen-bond acceptors (Lipinski definition) is 6. The van der Waals surface area contributed by atoms with Crippen molar-refractivity contribution in [3.63, 3.8) is 0 Å². The summed E-state index contributed by atoms with van der Waals surface area (Å²) < 4.78 is 11.5. The number of aromatic nitrogens is 1. The minimum Gasteiger partial charge on any atom is -0.493 e. The standard InChI is InChI=1S/C23H18BrN3O4/c1-30-21-10-18(20(28)9-17-8-7-16(24)13-26-17)19(11-22(21)31-2)27-23(29)15-5-3-14(12-25)4-6-15/h3-8,10-11,13H,9H2,1-2H3,(H,27,29). The number of benzene rings is 2. The lowest BCUT2D eigenvalue weighted by Gasteiger charge is -2.15. The largest absolute Gasteiger partial charge is 0.493 e. The van der Waals surface area contributed by atoms with Gasteiger partial charge in [0.15, 0.2) is 17.3 Å². The Labute approximate surface area is 187 Å². The highest BCUT2D eigenvalue weighted by Gasteiger charge is 2.20. The number of ether oxygens (including phenoxy) is 2. The fourth-order valence-corrected chi connectivity index (χ4v) is 3.11. The third-order valence-corrected chi connectivity index (χ3v) is 4.95. The number of methoxy groups -OCH3 is 2. The van der Waals surface area contributed by atoms with Crippen LogP contribution in [-0.4, -0.2) is 30.9 Å². The third kappa shape index (κ3) is 5.27. The van der Waals surface area contributed by atoms with Crippen molar-refractivity contribution in [1.29, 1.82) is 5.26 Å². The number of carbonyl (C=O) groups is 2. The van der Waals surface area contributed by atoms with E-state index in [9.17, 15) is 9.59 Å². The summed E-state index contributed by atoms with van der Waals surface area (Å²) in [7, 11) is 2.94. The number of anilines is 1. The molecule has 0 atom stereocenters. The summed E-state index contributed by atoms with van der Waals surface area (Å²) in [6.45, 7) is 0. The van der Waals surface area contributed by atoms with E-state index in [1.54, 1.807) is 48.7 Å². The first-order valence-electron chi connectivity index (χ1n) is 9.16. The van der Waals surface area contributed by atoms with Gasteiger partial charge in [-0.15, -0.1) is 0 Å². The van der Waals surface area contributed by atoms with E-state index < -0.39 is 5.91 Å². The molecule has 1 aromatic heterocycles. The van der Waals surface area contributed by atoms with Gasteiger partial charge in [0.1, 0.15) is 0 Å². The van der Waals surface area contributed by atoms with E-state index in [1.165, 1.54) is 20.3 Å². The minimum absolute atomic E-state index is 0.0441. The molecule has 0 aliphatic heterocycles. The molecule has 1 amide bonds. The van der Waals surface area contributed by atoms with Crippen LogP contribution in [0.2, 0.25) is 0 Å². The fraction of sp³-hybridized carbons (Fsp3) is 0.130. The van der Waals surface area contributed by atoms with Crippen LogP contribution in [-0.2, 0) is 6.42 Å². The molecule has 31 heavy (non-hydrogen) atoms. The van der Waals surface area contributed by atoms with Crippen molar-refractivity contribution in [2.24, 2.45) is 0 Å². The van der Waals surface area contributed by atoms with Gasteiger partial charge in [-0.05, 0) is 58.4 Å². The van der Waals surface area contributed by atoms with Gasteiger partial charge in [-0.1, -0.05) is 0 Å². The molecule has 0 fully saturated rings. The number of rotatable bonds is 7. The highest BCUT2D eigenvalue weighted by Crippen LogP contribution is 2.34. The van der Waals surface area contributed by atoms with Gasteiger partial charge >= 0.3 is 0 Å². The molecule has 0 radical (unpaired) electrons. The molecule has 0 spiro atoms.